The minimum absolute atomic E-state index is 0.151. The van der Waals surface area contributed by atoms with Crippen LogP contribution in [0.5, 0.6) is 5.75 Å². The Labute approximate surface area is 83.2 Å². The molecule has 0 radical (unpaired) electrons. The van der Waals surface area contributed by atoms with E-state index in [4.69, 9.17) is 10.5 Å². The van der Waals surface area contributed by atoms with Crippen molar-refractivity contribution in [2.75, 3.05) is 7.11 Å². The van der Waals surface area contributed by atoms with Crippen molar-refractivity contribution in [2.45, 2.75) is 12.5 Å². The third-order valence-electron chi connectivity index (χ3n) is 2.02. The molecule has 1 unspecified atom stereocenters. The number of nitrogens with two attached hydrogens (primary N) is 1. The quantitative estimate of drug-likeness (QED) is 0.749. The normalized spacial score (nSPS) is 12.2. The highest BCUT2D eigenvalue weighted by Gasteiger charge is 2.08. The van der Waals surface area contributed by atoms with Gasteiger partial charge in [0.05, 0.1) is 7.11 Å². The van der Waals surface area contributed by atoms with Crippen LogP contribution in [-0.2, 0) is 0 Å². The molecule has 1 atom stereocenters. The summed E-state index contributed by atoms with van der Waals surface area (Å²) in [5.41, 5.74) is 6.68. The van der Waals surface area contributed by atoms with Crippen LogP contribution >= 0.6 is 0 Å². The fourth-order valence-corrected chi connectivity index (χ4v) is 1.22. The van der Waals surface area contributed by atoms with Crippen LogP contribution in [0.1, 0.15) is 18.0 Å². The minimum Gasteiger partial charge on any atom is -0.494 e. The molecule has 2 nitrogen and oxygen atoms in total. The first-order valence-corrected chi connectivity index (χ1v) is 4.39. The van der Waals surface area contributed by atoms with E-state index in [0.29, 0.717) is 6.42 Å². The van der Waals surface area contributed by atoms with Crippen molar-refractivity contribution in [2.24, 2.45) is 5.73 Å². The van der Waals surface area contributed by atoms with Crippen LogP contribution in [0.15, 0.2) is 30.9 Å². The monoisotopic (exact) mass is 195 g/mol. The molecule has 0 spiro atoms. The molecule has 0 saturated heterocycles. The Morgan fingerprint density at radius 2 is 2.36 bits per heavy atom. The van der Waals surface area contributed by atoms with Crippen LogP contribution in [0, 0.1) is 5.82 Å². The van der Waals surface area contributed by atoms with Gasteiger partial charge < -0.3 is 10.5 Å². The third-order valence-corrected chi connectivity index (χ3v) is 2.02. The van der Waals surface area contributed by atoms with E-state index >= 15 is 0 Å². The lowest BCUT2D eigenvalue weighted by atomic mass is 10.0. The van der Waals surface area contributed by atoms with E-state index in [1.165, 1.54) is 13.2 Å². The molecule has 0 heterocycles. The number of hydrogen-bond donors (Lipinski definition) is 1. The van der Waals surface area contributed by atoms with Crippen molar-refractivity contribution in [3.05, 3.63) is 42.2 Å². The summed E-state index contributed by atoms with van der Waals surface area (Å²) in [6.45, 7) is 3.60. The lowest BCUT2D eigenvalue weighted by Gasteiger charge is -2.11. The van der Waals surface area contributed by atoms with Crippen LogP contribution in [0.25, 0.3) is 0 Å². The fraction of sp³-hybridized carbons (Fsp3) is 0.273. The summed E-state index contributed by atoms with van der Waals surface area (Å²) < 4.78 is 17.9. The van der Waals surface area contributed by atoms with E-state index in [2.05, 4.69) is 6.58 Å². The van der Waals surface area contributed by atoms with Crippen molar-refractivity contribution in [1.82, 2.24) is 0 Å². The maximum Gasteiger partial charge on any atom is 0.165 e. The summed E-state index contributed by atoms with van der Waals surface area (Å²) in [6.07, 6.45) is 2.40. The standard InChI is InChI=1S/C11H14FNO/c1-3-4-10(13)8-5-6-9(12)11(7-8)14-2/h3,5-7,10H,1,4,13H2,2H3. The molecule has 76 valence electrons. The Balaban J connectivity index is 2.93. The molecule has 1 aromatic rings. The van der Waals surface area contributed by atoms with Crippen LogP contribution in [-0.4, -0.2) is 7.11 Å². The van der Waals surface area contributed by atoms with E-state index in [0.717, 1.165) is 5.56 Å². The Morgan fingerprint density at radius 1 is 1.64 bits per heavy atom. The van der Waals surface area contributed by atoms with E-state index in [9.17, 15) is 4.39 Å². The number of rotatable bonds is 4. The Morgan fingerprint density at radius 3 is 2.93 bits per heavy atom. The highest BCUT2D eigenvalue weighted by molar-refractivity contribution is 5.32. The van der Waals surface area contributed by atoms with Crippen LogP contribution in [0.4, 0.5) is 4.39 Å². The summed E-state index contributed by atoms with van der Waals surface area (Å²) in [4.78, 5) is 0. The van der Waals surface area contributed by atoms with Gasteiger partial charge in [-0.15, -0.1) is 6.58 Å². The van der Waals surface area contributed by atoms with Gasteiger partial charge in [0.15, 0.2) is 11.6 Å². The largest absolute Gasteiger partial charge is 0.494 e. The van der Waals surface area contributed by atoms with Crippen LogP contribution in [0.2, 0.25) is 0 Å². The second-order valence-corrected chi connectivity index (χ2v) is 3.02. The molecule has 0 amide bonds. The predicted molar refractivity (Wildman–Crippen MR) is 54.7 cm³/mol. The van der Waals surface area contributed by atoms with Crippen molar-refractivity contribution >= 4 is 0 Å². The van der Waals surface area contributed by atoms with Crippen molar-refractivity contribution in [3.63, 3.8) is 0 Å². The number of ether oxygens (including phenoxy) is 1. The predicted octanol–water partition coefficient (Wildman–Crippen LogP) is 2.41. The second-order valence-electron chi connectivity index (χ2n) is 3.02. The molecule has 0 aromatic heterocycles. The Hall–Kier alpha value is -1.35. The maximum absolute atomic E-state index is 13.0. The van der Waals surface area contributed by atoms with E-state index in [1.807, 2.05) is 0 Å². The van der Waals surface area contributed by atoms with Crippen molar-refractivity contribution < 1.29 is 9.13 Å². The molecule has 1 aromatic carbocycles. The lowest BCUT2D eigenvalue weighted by Crippen LogP contribution is -2.09. The highest BCUT2D eigenvalue weighted by Crippen LogP contribution is 2.22. The van der Waals surface area contributed by atoms with Gasteiger partial charge in [0.2, 0.25) is 0 Å². The lowest BCUT2D eigenvalue weighted by molar-refractivity contribution is 0.385. The topological polar surface area (TPSA) is 35.2 Å². The molecule has 0 fully saturated rings. The van der Waals surface area contributed by atoms with Gasteiger partial charge in [-0.3, -0.25) is 0 Å². The number of methoxy groups -OCH3 is 1. The van der Waals surface area contributed by atoms with Gasteiger partial charge >= 0.3 is 0 Å². The minimum atomic E-state index is -0.373. The maximum atomic E-state index is 13.0. The van der Waals surface area contributed by atoms with Gasteiger partial charge in [-0.2, -0.15) is 0 Å². The molecule has 2 N–H and O–H groups in total. The molecule has 3 heteroatoms. The first-order chi connectivity index (χ1) is 6.69. The number of benzene rings is 1. The number of halogens is 1. The summed E-state index contributed by atoms with van der Waals surface area (Å²) in [7, 11) is 1.43. The molecule has 14 heavy (non-hydrogen) atoms. The van der Waals surface area contributed by atoms with Gasteiger partial charge in [-0.05, 0) is 24.1 Å². The zero-order chi connectivity index (χ0) is 10.6. The van der Waals surface area contributed by atoms with Gasteiger partial charge in [-0.1, -0.05) is 12.1 Å². The molecular weight excluding hydrogens is 181 g/mol. The summed E-state index contributed by atoms with van der Waals surface area (Å²) >= 11 is 0. The van der Waals surface area contributed by atoms with Crippen molar-refractivity contribution in [1.29, 1.82) is 0 Å². The first-order valence-electron chi connectivity index (χ1n) is 4.39. The summed E-state index contributed by atoms with van der Waals surface area (Å²) in [6, 6.07) is 4.48. The molecule has 1 rings (SSSR count). The van der Waals surface area contributed by atoms with Crippen molar-refractivity contribution in [3.8, 4) is 5.75 Å². The van der Waals surface area contributed by atoms with Crippen LogP contribution in [0.3, 0.4) is 0 Å². The van der Waals surface area contributed by atoms with E-state index in [-0.39, 0.29) is 17.6 Å². The van der Waals surface area contributed by atoms with Gasteiger partial charge in [0.25, 0.3) is 0 Å². The van der Waals surface area contributed by atoms with Crippen LogP contribution < -0.4 is 10.5 Å². The molecule has 0 bridgehead atoms. The highest BCUT2D eigenvalue weighted by atomic mass is 19.1. The Kier molecular flexibility index (Phi) is 3.65. The molecule has 0 aliphatic carbocycles. The molecular formula is C11H14FNO. The summed E-state index contributed by atoms with van der Waals surface area (Å²) in [5.74, 6) is -0.149. The average Bonchev–Trinajstić information content (AvgIpc) is 2.19. The first kappa shape index (κ1) is 10.7. The zero-order valence-corrected chi connectivity index (χ0v) is 8.16. The molecule has 0 aliphatic heterocycles. The van der Waals surface area contributed by atoms with E-state index in [1.54, 1.807) is 18.2 Å². The molecule has 0 aliphatic rings. The smallest absolute Gasteiger partial charge is 0.165 e. The average molecular weight is 195 g/mol. The Bertz CT molecular complexity index is 325. The fourth-order valence-electron chi connectivity index (χ4n) is 1.22. The van der Waals surface area contributed by atoms with Gasteiger partial charge in [-0.25, -0.2) is 4.39 Å². The second kappa shape index (κ2) is 4.77. The molecule has 0 saturated carbocycles. The third kappa shape index (κ3) is 2.33. The summed E-state index contributed by atoms with van der Waals surface area (Å²) in [5, 5.41) is 0. The zero-order valence-electron chi connectivity index (χ0n) is 8.16. The van der Waals surface area contributed by atoms with E-state index < -0.39 is 0 Å². The SMILES string of the molecule is C=CCC(N)c1ccc(F)c(OC)c1. The number of hydrogen-bond acceptors (Lipinski definition) is 2. The van der Waals surface area contributed by atoms with Gasteiger partial charge in [0.1, 0.15) is 0 Å². The van der Waals surface area contributed by atoms with Gasteiger partial charge in [0, 0.05) is 6.04 Å².